The number of nitrogens with one attached hydrogen (secondary N) is 1. The van der Waals surface area contributed by atoms with Gasteiger partial charge in [-0.2, -0.15) is 0 Å². The maximum Gasteiger partial charge on any atom is 0.225 e. The minimum atomic E-state index is -2.92. The topological polar surface area (TPSA) is 75.2 Å². The number of sulfone groups is 1. The summed E-state index contributed by atoms with van der Waals surface area (Å²) >= 11 is 0. The average molecular weight is 298 g/mol. The van der Waals surface area contributed by atoms with Gasteiger partial charge in [0.1, 0.15) is 9.84 Å². The summed E-state index contributed by atoms with van der Waals surface area (Å²) in [5.74, 6) is 0.963. The molecule has 7 heteroatoms. The molecule has 0 aliphatic carbocycles. The van der Waals surface area contributed by atoms with Gasteiger partial charge < -0.3 is 10.2 Å². The molecule has 1 N–H and O–H groups in total. The van der Waals surface area contributed by atoms with Gasteiger partial charge in [0.25, 0.3) is 0 Å². The molecule has 0 aromatic carbocycles. The second-order valence-corrected chi connectivity index (χ2v) is 7.66. The van der Waals surface area contributed by atoms with Crippen molar-refractivity contribution in [2.45, 2.75) is 31.8 Å². The Bertz CT molecular complexity index is 512. The third kappa shape index (κ3) is 4.72. The molecule has 20 heavy (non-hydrogen) atoms. The van der Waals surface area contributed by atoms with Crippen LogP contribution < -0.4 is 10.2 Å². The van der Waals surface area contributed by atoms with Gasteiger partial charge in [0.2, 0.25) is 5.95 Å². The van der Waals surface area contributed by atoms with E-state index in [9.17, 15) is 8.42 Å². The minimum Gasteiger partial charge on any atom is -0.341 e. The van der Waals surface area contributed by atoms with E-state index in [0.717, 1.165) is 31.9 Å². The van der Waals surface area contributed by atoms with Crippen LogP contribution in [0.4, 0.5) is 5.95 Å². The van der Waals surface area contributed by atoms with Gasteiger partial charge in [-0.15, -0.1) is 0 Å². The number of piperidine rings is 1. The molecule has 1 fully saturated rings. The van der Waals surface area contributed by atoms with Crippen molar-refractivity contribution >= 4 is 15.8 Å². The van der Waals surface area contributed by atoms with E-state index < -0.39 is 9.84 Å². The van der Waals surface area contributed by atoms with Crippen molar-refractivity contribution in [1.82, 2.24) is 15.3 Å². The zero-order valence-electron chi connectivity index (χ0n) is 12.0. The number of nitrogens with zero attached hydrogens (tertiary/aromatic N) is 3. The Morgan fingerprint density at radius 3 is 2.50 bits per heavy atom. The lowest BCUT2D eigenvalue weighted by atomic mass is 10.0. The Kier molecular flexibility index (Phi) is 4.93. The van der Waals surface area contributed by atoms with Crippen LogP contribution in [0.15, 0.2) is 18.5 Å². The molecule has 2 heterocycles. The van der Waals surface area contributed by atoms with Gasteiger partial charge in [0, 0.05) is 43.8 Å². The molecular formula is C13H22N4O2S. The third-order valence-electron chi connectivity index (χ3n) is 3.40. The molecule has 0 radical (unpaired) electrons. The van der Waals surface area contributed by atoms with Crippen molar-refractivity contribution < 1.29 is 8.42 Å². The van der Waals surface area contributed by atoms with Gasteiger partial charge in [0.05, 0.1) is 5.75 Å². The molecule has 0 spiro atoms. The predicted octanol–water partition coefficient (Wildman–Crippen LogP) is 0.468. The van der Waals surface area contributed by atoms with E-state index in [0.29, 0.717) is 6.04 Å². The molecule has 0 saturated carbocycles. The predicted molar refractivity (Wildman–Crippen MR) is 79.6 cm³/mol. The smallest absolute Gasteiger partial charge is 0.225 e. The fourth-order valence-electron chi connectivity index (χ4n) is 2.61. The van der Waals surface area contributed by atoms with Gasteiger partial charge in [-0.1, -0.05) is 0 Å². The fraction of sp³-hybridized carbons (Fsp3) is 0.692. The summed E-state index contributed by atoms with van der Waals surface area (Å²) in [5.41, 5.74) is 0. The number of anilines is 1. The first-order chi connectivity index (χ1) is 9.44. The number of hydrogen-bond donors (Lipinski definition) is 1. The summed E-state index contributed by atoms with van der Waals surface area (Å²) in [7, 11) is -2.92. The summed E-state index contributed by atoms with van der Waals surface area (Å²) < 4.78 is 22.5. The maximum atomic E-state index is 11.3. The van der Waals surface area contributed by atoms with E-state index in [4.69, 9.17) is 0 Å². The van der Waals surface area contributed by atoms with Gasteiger partial charge >= 0.3 is 0 Å². The third-order valence-corrected chi connectivity index (χ3v) is 4.51. The second kappa shape index (κ2) is 6.49. The Balaban J connectivity index is 1.80. The molecule has 1 aromatic rings. The highest BCUT2D eigenvalue weighted by Gasteiger charge is 2.22. The zero-order valence-corrected chi connectivity index (χ0v) is 12.8. The summed E-state index contributed by atoms with van der Waals surface area (Å²) in [6.45, 7) is 3.72. The van der Waals surface area contributed by atoms with Crippen molar-refractivity contribution in [1.29, 1.82) is 0 Å². The first-order valence-corrected chi connectivity index (χ1v) is 8.96. The molecule has 1 unspecified atom stereocenters. The summed E-state index contributed by atoms with van der Waals surface area (Å²) in [4.78, 5) is 10.7. The van der Waals surface area contributed by atoms with Crippen LogP contribution in [0.5, 0.6) is 0 Å². The number of aromatic nitrogens is 2. The van der Waals surface area contributed by atoms with E-state index in [1.54, 1.807) is 12.4 Å². The highest BCUT2D eigenvalue weighted by atomic mass is 32.2. The van der Waals surface area contributed by atoms with Gasteiger partial charge in [0.15, 0.2) is 0 Å². The van der Waals surface area contributed by atoms with Crippen molar-refractivity contribution in [2.75, 3.05) is 30.0 Å². The summed E-state index contributed by atoms with van der Waals surface area (Å²) in [6, 6.07) is 2.17. The van der Waals surface area contributed by atoms with Crippen LogP contribution in [0.2, 0.25) is 0 Å². The van der Waals surface area contributed by atoms with E-state index in [1.165, 1.54) is 6.26 Å². The molecule has 1 saturated heterocycles. The van der Waals surface area contributed by atoms with Gasteiger partial charge in [-0.05, 0) is 25.8 Å². The Labute approximate surface area is 120 Å². The first kappa shape index (κ1) is 15.2. The minimum absolute atomic E-state index is 0.00507. The lowest BCUT2D eigenvalue weighted by Crippen LogP contribution is -2.47. The van der Waals surface area contributed by atoms with Crippen molar-refractivity contribution in [3.05, 3.63) is 18.5 Å². The van der Waals surface area contributed by atoms with Crippen molar-refractivity contribution in [2.24, 2.45) is 0 Å². The molecule has 112 valence electrons. The van der Waals surface area contributed by atoms with Crippen LogP contribution in [0.25, 0.3) is 0 Å². The van der Waals surface area contributed by atoms with Gasteiger partial charge in [-0.3, -0.25) is 0 Å². The Hall–Kier alpha value is -1.21. The van der Waals surface area contributed by atoms with Crippen molar-refractivity contribution in [3.63, 3.8) is 0 Å². The summed E-state index contributed by atoms with van der Waals surface area (Å²) in [6.07, 6.45) is 6.74. The maximum absolute atomic E-state index is 11.3. The molecule has 1 aliphatic heterocycles. The first-order valence-electron chi connectivity index (χ1n) is 6.90. The normalized spacial score (nSPS) is 19.0. The van der Waals surface area contributed by atoms with Crippen LogP contribution in [0, 0.1) is 0 Å². The standard InChI is InChI=1S/C13H22N4O2S/c1-11(10-20(2,18)19)16-12-4-8-17(9-5-12)13-14-6-3-7-15-13/h3,6-7,11-12,16H,4-5,8-10H2,1-2H3. The van der Waals surface area contributed by atoms with E-state index in [2.05, 4.69) is 20.2 Å². The highest BCUT2D eigenvalue weighted by molar-refractivity contribution is 7.90. The average Bonchev–Trinajstić information content (AvgIpc) is 2.38. The van der Waals surface area contributed by atoms with E-state index in [1.807, 2.05) is 13.0 Å². The lowest BCUT2D eigenvalue weighted by molar-refractivity contribution is 0.385. The highest BCUT2D eigenvalue weighted by Crippen LogP contribution is 2.15. The van der Waals surface area contributed by atoms with Crippen LogP contribution >= 0.6 is 0 Å². The lowest BCUT2D eigenvalue weighted by Gasteiger charge is -2.33. The molecule has 2 rings (SSSR count). The zero-order chi connectivity index (χ0) is 14.6. The summed E-state index contributed by atoms with van der Waals surface area (Å²) in [5, 5.41) is 3.40. The molecule has 1 aliphatic rings. The molecule has 1 atom stereocenters. The number of rotatable bonds is 5. The van der Waals surface area contributed by atoms with Crippen LogP contribution in [0.1, 0.15) is 19.8 Å². The van der Waals surface area contributed by atoms with E-state index >= 15 is 0 Å². The van der Waals surface area contributed by atoms with Crippen LogP contribution in [0.3, 0.4) is 0 Å². The monoisotopic (exact) mass is 298 g/mol. The SMILES string of the molecule is CC(CS(C)(=O)=O)NC1CCN(c2ncccn2)CC1. The largest absolute Gasteiger partial charge is 0.341 e. The molecule has 0 amide bonds. The Morgan fingerprint density at radius 2 is 1.95 bits per heavy atom. The van der Waals surface area contributed by atoms with Crippen LogP contribution in [-0.2, 0) is 9.84 Å². The Morgan fingerprint density at radius 1 is 1.35 bits per heavy atom. The molecular weight excluding hydrogens is 276 g/mol. The molecule has 0 bridgehead atoms. The second-order valence-electron chi connectivity index (χ2n) is 5.47. The van der Waals surface area contributed by atoms with Gasteiger partial charge in [-0.25, -0.2) is 18.4 Å². The van der Waals surface area contributed by atoms with E-state index in [-0.39, 0.29) is 11.8 Å². The van der Waals surface area contributed by atoms with Crippen molar-refractivity contribution in [3.8, 4) is 0 Å². The molecule has 6 nitrogen and oxygen atoms in total. The number of hydrogen-bond acceptors (Lipinski definition) is 6. The molecule has 1 aromatic heterocycles. The van der Waals surface area contributed by atoms with Crippen LogP contribution in [-0.4, -0.2) is 55.6 Å². The quantitative estimate of drug-likeness (QED) is 0.851. The fourth-order valence-corrected chi connectivity index (χ4v) is 3.61.